The van der Waals surface area contributed by atoms with Crippen LogP contribution >= 0.6 is 0 Å². The molecule has 0 unspecified atom stereocenters. The average molecular weight is 336 g/mol. The van der Waals surface area contributed by atoms with Gasteiger partial charge in [-0.25, -0.2) is 4.79 Å². The molecule has 0 spiro atoms. The smallest absolute Gasteiger partial charge is 0.320 e. The van der Waals surface area contributed by atoms with Gasteiger partial charge in [0.05, 0.1) is 0 Å². The molecule has 130 valence electrons. The van der Waals surface area contributed by atoms with Gasteiger partial charge in [0.15, 0.2) is 0 Å². The summed E-state index contributed by atoms with van der Waals surface area (Å²) < 4.78 is 0. The van der Waals surface area contributed by atoms with Crippen molar-refractivity contribution < 1.29 is 4.79 Å². The van der Waals surface area contributed by atoms with Crippen molar-refractivity contribution in [3.63, 3.8) is 0 Å². The quantitative estimate of drug-likeness (QED) is 0.357. The molecule has 0 fully saturated rings. The number of amides is 2. The summed E-state index contributed by atoms with van der Waals surface area (Å²) in [6.07, 6.45) is 1.99. The number of hydrogen-bond donors (Lipinski definition) is 2. The molecule has 0 saturated heterocycles. The molecule has 2 N–H and O–H groups in total. The molecule has 2 aromatic rings. The molecule has 0 heterocycles. The van der Waals surface area contributed by atoms with Crippen molar-refractivity contribution in [3.8, 4) is 0 Å². The second kappa shape index (κ2) is 10.0. The Morgan fingerprint density at radius 2 is 1.48 bits per heavy atom. The number of nitrogens with zero attached hydrogens (tertiary/aromatic N) is 2. The van der Waals surface area contributed by atoms with Crippen molar-refractivity contribution in [1.82, 2.24) is 10.6 Å². The fourth-order valence-corrected chi connectivity index (χ4v) is 2.21. The van der Waals surface area contributed by atoms with Gasteiger partial charge < -0.3 is 5.32 Å². The summed E-state index contributed by atoms with van der Waals surface area (Å²) in [7, 11) is 0. The Kier molecular flexibility index (Phi) is 7.38. The maximum absolute atomic E-state index is 11.8. The largest absolute Gasteiger partial charge is 0.338 e. The molecule has 0 aliphatic rings. The van der Waals surface area contributed by atoms with E-state index in [1.165, 1.54) is 0 Å². The van der Waals surface area contributed by atoms with Gasteiger partial charge in [0.25, 0.3) is 0 Å². The van der Waals surface area contributed by atoms with Gasteiger partial charge in [-0.15, -0.1) is 10.2 Å². The Hall–Kier alpha value is -2.95. The van der Waals surface area contributed by atoms with Crippen LogP contribution in [0, 0.1) is 0 Å². The van der Waals surface area contributed by atoms with Gasteiger partial charge in [0, 0.05) is 17.7 Å². The fourth-order valence-electron chi connectivity index (χ4n) is 2.21. The predicted octanol–water partition coefficient (Wildman–Crippen LogP) is 3.96. The lowest BCUT2D eigenvalue weighted by Crippen LogP contribution is -2.38. The van der Waals surface area contributed by atoms with E-state index in [4.69, 9.17) is 0 Å². The molecule has 0 aliphatic carbocycles. The number of unbranched alkanes of at least 4 members (excludes halogenated alkanes) is 1. The molecule has 0 aromatic heterocycles. The second-order valence-electron chi connectivity index (χ2n) is 5.60. The van der Waals surface area contributed by atoms with Gasteiger partial charge >= 0.3 is 6.03 Å². The van der Waals surface area contributed by atoms with E-state index in [2.05, 4.69) is 27.8 Å². The highest BCUT2D eigenvalue weighted by molar-refractivity contribution is 6.13. The molecule has 0 bridgehead atoms. The van der Waals surface area contributed by atoms with Gasteiger partial charge in [-0.05, 0) is 13.3 Å². The van der Waals surface area contributed by atoms with Crippen molar-refractivity contribution in [1.29, 1.82) is 0 Å². The predicted molar refractivity (Wildman–Crippen MR) is 103 cm³/mol. The second-order valence-corrected chi connectivity index (χ2v) is 5.60. The third-order valence-electron chi connectivity index (χ3n) is 3.50. The third kappa shape index (κ3) is 6.22. The highest BCUT2D eigenvalue weighted by atomic mass is 16.2. The maximum Gasteiger partial charge on any atom is 0.320 e. The van der Waals surface area contributed by atoms with Gasteiger partial charge in [0.2, 0.25) is 0 Å². The minimum absolute atomic E-state index is 0.258. The van der Waals surface area contributed by atoms with E-state index in [9.17, 15) is 4.79 Å². The monoisotopic (exact) mass is 336 g/mol. The summed E-state index contributed by atoms with van der Waals surface area (Å²) in [5.41, 5.74) is 2.70. The van der Waals surface area contributed by atoms with E-state index < -0.39 is 0 Å². The lowest BCUT2D eigenvalue weighted by molar-refractivity contribution is 0.245. The summed E-state index contributed by atoms with van der Waals surface area (Å²) >= 11 is 0. The van der Waals surface area contributed by atoms with Crippen molar-refractivity contribution in [3.05, 3.63) is 71.8 Å². The first-order valence-electron chi connectivity index (χ1n) is 8.48. The number of carbonyl (C=O) groups is 1. The SMILES string of the molecule is CCCCNC(=O)N/C(C)=N/N=C(c1ccccc1)c1ccccc1. The summed E-state index contributed by atoms with van der Waals surface area (Å²) in [5, 5.41) is 14.0. The molecule has 2 amide bonds. The molecule has 5 nitrogen and oxygen atoms in total. The van der Waals surface area contributed by atoms with Gasteiger partial charge in [-0.2, -0.15) is 0 Å². The number of carbonyl (C=O) groups excluding carboxylic acids is 1. The van der Waals surface area contributed by atoms with Crippen LogP contribution in [-0.2, 0) is 0 Å². The van der Waals surface area contributed by atoms with E-state index in [-0.39, 0.29) is 6.03 Å². The zero-order valence-electron chi connectivity index (χ0n) is 14.7. The lowest BCUT2D eigenvalue weighted by atomic mass is 10.0. The molecule has 5 heteroatoms. The van der Waals surface area contributed by atoms with E-state index in [1.807, 2.05) is 60.7 Å². The molecule has 0 aliphatic heterocycles. The van der Waals surface area contributed by atoms with Crippen LogP contribution in [0.15, 0.2) is 70.9 Å². The lowest BCUT2D eigenvalue weighted by Gasteiger charge is -2.07. The van der Waals surface area contributed by atoms with Crippen LogP contribution < -0.4 is 10.6 Å². The average Bonchev–Trinajstić information content (AvgIpc) is 2.64. The van der Waals surface area contributed by atoms with Crippen LogP contribution in [0.3, 0.4) is 0 Å². The standard InChI is InChI=1S/C20H24N4O/c1-3-4-15-21-20(25)22-16(2)23-24-19(17-11-7-5-8-12-17)18-13-9-6-10-14-18/h5-14H,3-4,15H2,1-2H3,(H2,21,22,23,25). The van der Waals surface area contributed by atoms with Crippen LogP contribution in [0.25, 0.3) is 0 Å². The molecule has 2 aromatic carbocycles. The topological polar surface area (TPSA) is 65.8 Å². The number of nitrogens with one attached hydrogen (secondary N) is 2. The van der Waals surface area contributed by atoms with Gasteiger partial charge in [0.1, 0.15) is 11.5 Å². The zero-order chi connectivity index (χ0) is 17.9. The number of urea groups is 1. The van der Waals surface area contributed by atoms with Crippen LogP contribution in [0.1, 0.15) is 37.8 Å². The first-order valence-corrected chi connectivity index (χ1v) is 8.48. The number of benzene rings is 2. The van der Waals surface area contributed by atoms with Crippen LogP contribution in [-0.4, -0.2) is 24.1 Å². The minimum Gasteiger partial charge on any atom is -0.338 e. The number of amidine groups is 1. The van der Waals surface area contributed by atoms with Crippen molar-refractivity contribution in [2.75, 3.05) is 6.54 Å². The number of hydrogen-bond acceptors (Lipinski definition) is 3. The van der Waals surface area contributed by atoms with Gasteiger partial charge in [-0.1, -0.05) is 74.0 Å². The van der Waals surface area contributed by atoms with E-state index in [0.717, 1.165) is 29.7 Å². The normalized spacial score (nSPS) is 10.9. The van der Waals surface area contributed by atoms with Crippen LogP contribution in [0.2, 0.25) is 0 Å². The van der Waals surface area contributed by atoms with Crippen molar-refractivity contribution in [2.45, 2.75) is 26.7 Å². The molecule has 0 atom stereocenters. The Bertz CT molecular complexity index is 682. The van der Waals surface area contributed by atoms with Crippen molar-refractivity contribution >= 4 is 17.6 Å². The fraction of sp³-hybridized carbons (Fsp3) is 0.250. The Balaban J connectivity index is 2.16. The molecular formula is C20H24N4O. The summed E-state index contributed by atoms with van der Waals surface area (Å²) in [5.74, 6) is 0.443. The molecule has 25 heavy (non-hydrogen) atoms. The van der Waals surface area contributed by atoms with Crippen molar-refractivity contribution in [2.24, 2.45) is 10.2 Å². The summed E-state index contributed by atoms with van der Waals surface area (Å²) in [6, 6.07) is 19.5. The molecule has 0 saturated carbocycles. The van der Waals surface area contributed by atoms with Gasteiger partial charge in [-0.3, -0.25) is 5.32 Å². The minimum atomic E-state index is -0.258. The van der Waals surface area contributed by atoms with Crippen LogP contribution in [0.5, 0.6) is 0 Å². The van der Waals surface area contributed by atoms with Crippen LogP contribution in [0.4, 0.5) is 4.79 Å². The molecular weight excluding hydrogens is 312 g/mol. The Morgan fingerprint density at radius 3 is 2.00 bits per heavy atom. The number of rotatable bonds is 6. The summed E-state index contributed by atoms with van der Waals surface area (Å²) in [4.78, 5) is 11.8. The van der Waals surface area contributed by atoms with E-state index >= 15 is 0 Å². The Labute approximate surface area is 148 Å². The first kappa shape index (κ1) is 18.4. The third-order valence-corrected chi connectivity index (χ3v) is 3.50. The molecule has 0 radical (unpaired) electrons. The first-order chi connectivity index (χ1) is 12.2. The molecule has 2 rings (SSSR count). The zero-order valence-corrected chi connectivity index (χ0v) is 14.7. The highest BCUT2D eigenvalue weighted by Gasteiger charge is 2.06. The summed E-state index contributed by atoms with van der Waals surface area (Å²) in [6.45, 7) is 4.45. The van der Waals surface area contributed by atoms with E-state index in [0.29, 0.717) is 12.4 Å². The van der Waals surface area contributed by atoms with E-state index in [1.54, 1.807) is 6.92 Å². The maximum atomic E-state index is 11.8. The highest BCUT2D eigenvalue weighted by Crippen LogP contribution is 2.11. The Morgan fingerprint density at radius 1 is 0.920 bits per heavy atom.